The average molecular weight is 458 g/mol. The third-order valence-electron chi connectivity index (χ3n) is 5.74. The number of aliphatic hydroxyl groups is 2. The number of hydrogen-bond donors (Lipinski definition) is 2. The highest BCUT2D eigenvalue weighted by Crippen LogP contribution is 2.23. The molecule has 0 aliphatic heterocycles. The van der Waals surface area contributed by atoms with Gasteiger partial charge in [-0.2, -0.15) is 0 Å². The van der Waals surface area contributed by atoms with Crippen LogP contribution in [-0.4, -0.2) is 21.3 Å². The van der Waals surface area contributed by atoms with Crippen LogP contribution in [0, 0.1) is 0 Å². The lowest BCUT2D eigenvalue weighted by Crippen LogP contribution is -2.08. The topological polar surface area (TPSA) is 53.4 Å². The van der Waals surface area contributed by atoms with Crippen molar-refractivity contribution in [3.8, 4) is 0 Å². The second-order valence-electron chi connectivity index (χ2n) is 8.45. The van der Waals surface area contributed by atoms with E-state index < -0.39 is 6.10 Å². The largest absolute Gasteiger partial charge is 0.393 e. The van der Waals surface area contributed by atoms with E-state index in [2.05, 4.69) is 17.1 Å². The molecule has 33 heavy (non-hydrogen) atoms. The molecule has 0 saturated heterocycles. The summed E-state index contributed by atoms with van der Waals surface area (Å²) in [5.41, 5.74) is 5.93. The van der Waals surface area contributed by atoms with Crippen molar-refractivity contribution >= 4 is 34.7 Å². The number of aliphatic hydroxyl groups excluding tert-OH is 2. The first-order valence-corrected chi connectivity index (χ1v) is 11.6. The monoisotopic (exact) mass is 457 g/mol. The van der Waals surface area contributed by atoms with Crippen LogP contribution in [0.2, 0.25) is 5.02 Å². The zero-order chi connectivity index (χ0) is 23.2. The van der Waals surface area contributed by atoms with Crippen LogP contribution in [0.3, 0.4) is 0 Å². The van der Waals surface area contributed by atoms with Gasteiger partial charge in [-0.15, -0.1) is 0 Å². The Hall–Kier alpha value is -2.98. The number of benzene rings is 3. The number of hydrogen-bond acceptors (Lipinski definition) is 3. The normalized spacial score (nSPS) is 13.5. The fourth-order valence-electron chi connectivity index (χ4n) is 4.03. The first-order valence-electron chi connectivity index (χ1n) is 11.3. The van der Waals surface area contributed by atoms with Crippen LogP contribution in [0.1, 0.15) is 47.4 Å². The van der Waals surface area contributed by atoms with Gasteiger partial charge in [0.25, 0.3) is 0 Å². The Kier molecular flexibility index (Phi) is 7.56. The lowest BCUT2D eigenvalue weighted by molar-refractivity contribution is 0.167. The molecule has 3 aromatic carbocycles. The minimum atomic E-state index is -0.557. The molecule has 4 heteroatoms. The summed E-state index contributed by atoms with van der Waals surface area (Å²) >= 11 is 6.09. The Balaban J connectivity index is 1.44. The summed E-state index contributed by atoms with van der Waals surface area (Å²) in [5, 5.41) is 22.3. The maximum atomic E-state index is 10.8. The summed E-state index contributed by atoms with van der Waals surface area (Å²) < 4.78 is 0. The van der Waals surface area contributed by atoms with E-state index in [-0.39, 0.29) is 6.10 Å². The molecule has 0 aliphatic carbocycles. The molecule has 4 rings (SSSR count). The van der Waals surface area contributed by atoms with Gasteiger partial charge in [-0.3, -0.25) is 0 Å². The van der Waals surface area contributed by atoms with Crippen molar-refractivity contribution in [1.82, 2.24) is 4.98 Å². The Bertz CT molecular complexity index is 1270. The smallest absolute Gasteiger partial charge is 0.0793 e. The van der Waals surface area contributed by atoms with E-state index >= 15 is 0 Å². The quantitative estimate of drug-likeness (QED) is 0.311. The van der Waals surface area contributed by atoms with Gasteiger partial charge in [0.1, 0.15) is 0 Å². The Morgan fingerprint density at radius 1 is 0.879 bits per heavy atom. The van der Waals surface area contributed by atoms with E-state index in [0.717, 1.165) is 39.7 Å². The molecule has 0 spiro atoms. The van der Waals surface area contributed by atoms with E-state index in [0.29, 0.717) is 17.9 Å². The van der Waals surface area contributed by atoms with Crippen molar-refractivity contribution in [2.24, 2.45) is 0 Å². The van der Waals surface area contributed by atoms with Crippen LogP contribution >= 0.6 is 11.6 Å². The highest BCUT2D eigenvalue weighted by atomic mass is 35.5. The van der Waals surface area contributed by atoms with Gasteiger partial charge in [-0.05, 0) is 78.8 Å². The van der Waals surface area contributed by atoms with E-state index in [1.165, 1.54) is 5.56 Å². The number of nitrogens with zero attached hydrogens (tertiary/aromatic N) is 1. The van der Waals surface area contributed by atoms with Gasteiger partial charge in [0, 0.05) is 10.4 Å². The highest BCUT2D eigenvalue weighted by molar-refractivity contribution is 6.31. The van der Waals surface area contributed by atoms with Gasteiger partial charge in [0.05, 0.1) is 23.4 Å². The Morgan fingerprint density at radius 2 is 1.67 bits per heavy atom. The summed E-state index contributed by atoms with van der Waals surface area (Å²) in [6.07, 6.45) is 5.05. The van der Waals surface area contributed by atoms with Crippen LogP contribution in [-0.2, 0) is 12.8 Å². The maximum Gasteiger partial charge on any atom is 0.0793 e. The van der Waals surface area contributed by atoms with Crippen LogP contribution in [0.25, 0.3) is 23.1 Å². The molecule has 3 nitrogen and oxygen atoms in total. The summed E-state index contributed by atoms with van der Waals surface area (Å²) in [6.45, 7) is 1.80. The maximum absolute atomic E-state index is 10.8. The van der Waals surface area contributed by atoms with Crippen molar-refractivity contribution < 1.29 is 10.2 Å². The molecular formula is C29H28ClNO2. The first-order chi connectivity index (χ1) is 16.0. The molecule has 1 aromatic heterocycles. The number of aryl methyl sites for hydroxylation is 1. The predicted molar refractivity (Wildman–Crippen MR) is 137 cm³/mol. The predicted octanol–water partition coefficient (Wildman–Crippen LogP) is 6.65. The van der Waals surface area contributed by atoms with Gasteiger partial charge in [-0.1, -0.05) is 72.3 Å². The van der Waals surface area contributed by atoms with Gasteiger partial charge in [-0.25, -0.2) is 4.98 Å². The Labute approximate surface area is 200 Å². The molecule has 0 aliphatic rings. The zero-order valence-electron chi connectivity index (χ0n) is 18.7. The molecule has 4 aromatic rings. The van der Waals surface area contributed by atoms with Gasteiger partial charge in [0.2, 0.25) is 0 Å². The third-order valence-corrected chi connectivity index (χ3v) is 5.97. The van der Waals surface area contributed by atoms with Crippen LogP contribution < -0.4 is 0 Å². The number of fused-ring (bicyclic) bond motifs is 1. The third kappa shape index (κ3) is 6.29. The van der Waals surface area contributed by atoms with Gasteiger partial charge >= 0.3 is 0 Å². The zero-order valence-corrected chi connectivity index (χ0v) is 19.4. The van der Waals surface area contributed by atoms with E-state index in [4.69, 9.17) is 11.6 Å². The molecule has 2 N–H and O–H groups in total. The lowest BCUT2D eigenvalue weighted by atomic mass is 9.95. The van der Waals surface area contributed by atoms with E-state index in [9.17, 15) is 10.2 Å². The van der Waals surface area contributed by atoms with Crippen molar-refractivity contribution in [2.45, 2.75) is 38.4 Å². The fraction of sp³-hybridized carbons (Fsp3) is 0.207. The van der Waals surface area contributed by atoms with Crippen molar-refractivity contribution in [3.63, 3.8) is 0 Å². The molecule has 0 saturated carbocycles. The fourth-order valence-corrected chi connectivity index (χ4v) is 4.19. The molecule has 0 amide bonds. The van der Waals surface area contributed by atoms with Gasteiger partial charge < -0.3 is 10.2 Å². The van der Waals surface area contributed by atoms with Crippen molar-refractivity contribution in [1.29, 1.82) is 0 Å². The first kappa shape index (κ1) is 23.2. The van der Waals surface area contributed by atoms with Crippen LogP contribution in [0.4, 0.5) is 0 Å². The summed E-state index contributed by atoms with van der Waals surface area (Å²) in [6, 6.07) is 25.8. The molecule has 0 fully saturated rings. The van der Waals surface area contributed by atoms with Crippen molar-refractivity contribution in [3.05, 3.63) is 112 Å². The number of rotatable bonds is 8. The molecule has 1 heterocycles. The second kappa shape index (κ2) is 10.8. The van der Waals surface area contributed by atoms with Crippen LogP contribution in [0.5, 0.6) is 0 Å². The highest BCUT2D eigenvalue weighted by Gasteiger charge is 2.11. The number of pyridine rings is 1. The number of aromatic nitrogens is 1. The minimum absolute atomic E-state index is 0.381. The summed E-state index contributed by atoms with van der Waals surface area (Å²) in [7, 11) is 0. The molecule has 1 unspecified atom stereocenters. The lowest BCUT2D eigenvalue weighted by Gasteiger charge is -2.15. The van der Waals surface area contributed by atoms with E-state index in [1.807, 2.05) is 78.9 Å². The molecule has 168 valence electrons. The molecular weight excluding hydrogens is 430 g/mol. The van der Waals surface area contributed by atoms with Crippen molar-refractivity contribution in [2.75, 3.05) is 0 Å². The Morgan fingerprint density at radius 3 is 2.48 bits per heavy atom. The SMILES string of the molecule is CC(O)Cc1ccccc1CC[C@H](O)c1cccc(/C=C/c2ccc3ccc(Cl)cc3n2)c1. The average Bonchev–Trinajstić information content (AvgIpc) is 2.81. The number of halogens is 1. The summed E-state index contributed by atoms with van der Waals surface area (Å²) in [5.74, 6) is 0. The molecule has 2 atom stereocenters. The second-order valence-corrected chi connectivity index (χ2v) is 8.89. The minimum Gasteiger partial charge on any atom is -0.393 e. The standard InChI is InChI=1S/C29H28ClNO2/c1-20(32)17-24-7-3-2-6-22(24)12-16-29(33)25-8-4-5-21(18-25)9-14-27-15-11-23-10-13-26(30)19-28(23)31-27/h2-11,13-15,18-20,29,32-33H,12,16-17H2,1H3/b14-9+/t20?,29-/m0/s1. The van der Waals surface area contributed by atoms with Gasteiger partial charge in [0.15, 0.2) is 0 Å². The van der Waals surface area contributed by atoms with E-state index in [1.54, 1.807) is 6.92 Å². The molecule has 0 bridgehead atoms. The van der Waals surface area contributed by atoms with Crippen LogP contribution in [0.15, 0.2) is 78.9 Å². The molecule has 0 radical (unpaired) electrons. The summed E-state index contributed by atoms with van der Waals surface area (Å²) in [4.78, 5) is 4.66.